The van der Waals surface area contributed by atoms with E-state index in [0.717, 1.165) is 0 Å². The highest BCUT2D eigenvalue weighted by Gasteiger charge is 2.26. The molecular formula is C12H28O3Si3. The Labute approximate surface area is 116 Å². The summed E-state index contributed by atoms with van der Waals surface area (Å²) in [5.41, 5.74) is 0. The van der Waals surface area contributed by atoms with E-state index in [9.17, 15) is 0 Å². The largest absolute Gasteiger partial charge is 0.501 e. The summed E-state index contributed by atoms with van der Waals surface area (Å²) in [5.74, 6) is 2.98. The van der Waals surface area contributed by atoms with Gasteiger partial charge in [0.2, 0.25) is 6.29 Å². The predicted octanol–water partition coefficient (Wildman–Crippen LogP) is 3.83. The highest BCUT2D eigenvalue weighted by Crippen LogP contribution is 2.13. The van der Waals surface area contributed by atoms with Crippen molar-refractivity contribution in [3.63, 3.8) is 0 Å². The molecule has 0 rings (SSSR count). The van der Waals surface area contributed by atoms with Crippen LogP contribution in [0.4, 0.5) is 0 Å². The van der Waals surface area contributed by atoms with E-state index < -0.39 is 31.2 Å². The maximum atomic E-state index is 5.94. The monoisotopic (exact) mass is 304 g/mol. The van der Waals surface area contributed by atoms with E-state index in [1.807, 2.05) is 0 Å². The second-order valence-electron chi connectivity index (χ2n) is 7.25. The Kier molecular flexibility index (Phi) is 6.37. The van der Waals surface area contributed by atoms with Crippen LogP contribution in [0.25, 0.3) is 0 Å². The molecule has 18 heavy (non-hydrogen) atoms. The number of rotatable bonds is 5. The Morgan fingerprint density at radius 2 is 1.06 bits per heavy atom. The molecule has 0 aliphatic heterocycles. The van der Waals surface area contributed by atoms with Crippen LogP contribution in [0.2, 0.25) is 58.9 Å². The first kappa shape index (κ1) is 17.9. The van der Waals surface area contributed by atoms with Gasteiger partial charge in [0.05, 0.1) is 6.11 Å². The lowest BCUT2D eigenvalue weighted by atomic mass is 10.7. The van der Waals surface area contributed by atoms with E-state index >= 15 is 0 Å². The minimum absolute atomic E-state index is 0.445. The summed E-state index contributed by atoms with van der Waals surface area (Å²) in [5, 5.41) is 0. The number of hydrogen-bond acceptors (Lipinski definition) is 3. The predicted molar refractivity (Wildman–Crippen MR) is 84.9 cm³/mol. The van der Waals surface area contributed by atoms with Crippen molar-refractivity contribution in [3.8, 4) is 12.0 Å². The number of hydrogen-bond donors (Lipinski definition) is 0. The van der Waals surface area contributed by atoms with Crippen LogP contribution in [0.5, 0.6) is 0 Å². The van der Waals surface area contributed by atoms with Crippen LogP contribution in [0.1, 0.15) is 0 Å². The molecule has 0 aromatic heterocycles. The van der Waals surface area contributed by atoms with Crippen LogP contribution < -0.4 is 0 Å². The quantitative estimate of drug-likeness (QED) is 0.439. The lowest BCUT2D eigenvalue weighted by molar-refractivity contribution is 0.0422. The summed E-state index contributed by atoms with van der Waals surface area (Å²) < 4.78 is 17.4. The van der Waals surface area contributed by atoms with Crippen molar-refractivity contribution in [2.45, 2.75) is 65.2 Å². The molecule has 0 N–H and O–H groups in total. The van der Waals surface area contributed by atoms with Gasteiger partial charge in [-0.25, -0.2) is 0 Å². The van der Waals surface area contributed by atoms with Gasteiger partial charge in [-0.2, -0.15) is 0 Å². The summed E-state index contributed by atoms with van der Waals surface area (Å²) in [6.45, 7) is 19.1. The Morgan fingerprint density at radius 3 is 1.33 bits per heavy atom. The Bertz CT molecular complexity index is 297. The van der Waals surface area contributed by atoms with E-state index in [-0.39, 0.29) is 0 Å². The van der Waals surface area contributed by atoms with Gasteiger partial charge in [0.1, 0.15) is 0 Å². The van der Waals surface area contributed by atoms with Crippen LogP contribution in [-0.4, -0.2) is 31.2 Å². The maximum Gasteiger partial charge on any atom is 0.255 e. The average Bonchev–Trinajstić information content (AvgIpc) is 1.93. The molecule has 0 atom stereocenters. The van der Waals surface area contributed by atoms with Crippen molar-refractivity contribution in [1.29, 1.82) is 0 Å². The maximum absolute atomic E-state index is 5.94. The van der Waals surface area contributed by atoms with Crippen LogP contribution in [0, 0.1) is 12.0 Å². The van der Waals surface area contributed by atoms with Crippen LogP contribution in [-0.2, 0) is 13.3 Å². The molecule has 106 valence electrons. The highest BCUT2D eigenvalue weighted by atomic mass is 28.4. The first-order chi connectivity index (χ1) is 7.79. The van der Waals surface area contributed by atoms with Crippen molar-refractivity contribution in [3.05, 3.63) is 0 Å². The van der Waals surface area contributed by atoms with Gasteiger partial charge in [-0.05, 0) is 64.8 Å². The summed E-state index contributed by atoms with van der Waals surface area (Å²) in [6, 6.07) is 0. The van der Waals surface area contributed by atoms with Gasteiger partial charge in [-0.3, -0.25) is 0 Å². The standard InChI is InChI=1S/C12H28O3Si3/c1-16(2,3)13-11-10-12(14-17(4,5)6)15-18(7,8)9/h12H,1-9H3. The molecule has 0 bridgehead atoms. The fourth-order valence-corrected chi connectivity index (χ4v) is 2.92. The third kappa shape index (κ3) is 12.4. The van der Waals surface area contributed by atoms with Gasteiger partial charge in [0, 0.05) is 0 Å². The summed E-state index contributed by atoms with van der Waals surface area (Å²) >= 11 is 0. The Hall–Kier alpha value is -0.0694. The first-order valence-corrected chi connectivity index (χ1v) is 16.6. The molecule has 0 aliphatic carbocycles. The molecule has 0 saturated carbocycles. The normalized spacial score (nSPS) is 13.2. The SMILES string of the molecule is C[Si](C)(C)OC#CC(O[Si](C)(C)C)O[Si](C)(C)C. The van der Waals surface area contributed by atoms with Crippen molar-refractivity contribution in [2.24, 2.45) is 0 Å². The molecule has 0 saturated heterocycles. The highest BCUT2D eigenvalue weighted by molar-refractivity contribution is 6.71. The molecule has 0 radical (unpaired) electrons. The molecule has 0 heterocycles. The minimum Gasteiger partial charge on any atom is -0.501 e. The van der Waals surface area contributed by atoms with Gasteiger partial charge >= 0.3 is 0 Å². The molecule has 0 fully saturated rings. The summed E-state index contributed by atoms with van der Waals surface area (Å²) in [7, 11) is -4.93. The molecule has 0 aliphatic rings. The molecule has 6 heteroatoms. The average molecular weight is 305 g/mol. The zero-order valence-electron chi connectivity index (χ0n) is 13.3. The molecule has 0 aromatic carbocycles. The van der Waals surface area contributed by atoms with Gasteiger partial charge in [0.15, 0.2) is 16.6 Å². The van der Waals surface area contributed by atoms with Gasteiger partial charge in [0.25, 0.3) is 8.32 Å². The van der Waals surface area contributed by atoms with Gasteiger partial charge < -0.3 is 13.3 Å². The molecular weight excluding hydrogens is 276 g/mol. The summed E-state index contributed by atoms with van der Waals surface area (Å²) in [6.07, 6.45) is 2.33. The fraction of sp³-hybridized carbons (Fsp3) is 0.833. The smallest absolute Gasteiger partial charge is 0.255 e. The van der Waals surface area contributed by atoms with E-state index in [0.29, 0.717) is 0 Å². The molecule has 3 nitrogen and oxygen atoms in total. The van der Waals surface area contributed by atoms with E-state index in [2.05, 4.69) is 71.0 Å². The van der Waals surface area contributed by atoms with Crippen molar-refractivity contribution in [2.75, 3.05) is 0 Å². The topological polar surface area (TPSA) is 27.7 Å². The zero-order valence-corrected chi connectivity index (χ0v) is 16.3. The lowest BCUT2D eigenvalue weighted by Crippen LogP contribution is -2.39. The molecule has 0 amide bonds. The Balaban J connectivity index is 4.67. The second-order valence-corrected chi connectivity index (χ2v) is 20.6. The third-order valence-corrected chi connectivity index (χ3v) is 4.01. The van der Waals surface area contributed by atoms with Crippen LogP contribution in [0.15, 0.2) is 0 Å². The van der Waals surface area contributed by atoms with Crippen molar-refractivity contribution < 1.29 is 13.3 Å². The minimum atomic E-state index is -1.67. The van der Waals surface area contributed by atoms with Crippen molar-refractivity contribution >= 4 is 25.0 Å². The molecule has 0 spiro atoms. The van der Waals surface area contributed by atoms with E-state index in [1.54, 1.807) is 0 Å². The van der Waals surface area contributed by atoms with Crippen molar-refractivity contribution in [1.82, 2.24) is 0 Å². The van der Waals surface area contributed by atoms with Gasteiger partial charge in [-0.15, -0.1) is 0 Å². The van der Waals surface area contributed by atoms with Crippen LogP contribution in [0.3, 0.4) is 0 Å². The lowest BCUT2D eigenvalue weighted by Gasteiger charge is -2.28. The first-order valence-electron chi connectivity index (χ1n) is 6.33. The fourth-order valence-electron chi connectivity index (χ4n) is 0.956. The van der Waals surface area contributed by atoms with E-state index in [4.69, 9.17) is 13.3 Å². The van der Waals surface area contributed by atoms with E-state index in [1.165, 1.54) is 0 Å². The third-order valence-electron chi connectivity index (χ3n) is 1.46. The zero-order chi connectivity index (χ0) is 14.6. The summed E-state index contributed by atoms with van der Waals surface area (Å²) in [4.78, 5) is 0. The molecule has 0 aromatic rings. The van der Waals surface area contributed by atoms with Gasteiger partial charge in [-0.1, -0.05) is 0 Å². The second kappa shape index (κ2) is 6.39. The Morgan fingerprint density at radius 1 is 0.667 bits per heavy atom. The molecule has 0 unspecified atom stereocenters. The van der Waals surface area contributed by atoms with Crippen LogP contribution >= 0.6 is 0 Å².